The van der Waals surface area contributed by atoms with Crippen molar-refractivity contribution in [2.75, 3.05) is 13.2 Å². The molecule has 0 unspecified atom stereocenters. The predicted octanol–water partition coefficient (Wildman–Crippen LogP) is 4.56. The molecule has 0 saturated carbocycles. The smallest absolute Gasteiger partial charge is 0.0465 e. The Balaban J connectivity index is 0. The van der Waals surface area contributed by atoms with Crippen LogP contribution in [0.25, 0.3) is 0 Å². The Morgan fingerprint density at radius 2 is 1.06 bits per heavy atom. The van der Waals surface area contributed by atoms with Crippen LogP contribution < -0.4 is 0 Å². The number of ether oxygens (including phenoxy) is 1. The Bertz CT molecular complexity index is 94.9. The summed E-state index contributed by atoms with van der Waals surface area (Å²) >= 11 is 0. The fourth-order valence-corrected chi connectivity index (χ4v) is 1.84. The Morgan fingerprint density at radius 1 is 0.625 bits per heavy atom. The van der Waals surface area contributed by atoms with Crippen molar-refractivity contribution >= 4 is 29.6 Å². The fourth-order valence-electron chi connectivity index (χ4n) is 1.84. The van der Waals surface area contributed by atoms with Gasteiger partial charge in [-0.2, -0.15) is 0 Å². The standard InChI is InChI=1S/C14H30O.Na/c1-3-5-6-7-8-9-10-11-12-13-14-15-4-2;/h3-14H2,1-2H3;. The summed E-state index contributed by atoms with van der Waals surface area (Å²) in [5.74, 6) is 0. The minimum Gasteiger partial charge on any atom is -0.382 e. The second-order valence-electron chi connectivity index (χ2n) is 4.38. The van der Waals surface area contributed by atoms with Crippen LogP contribution in [0, 0.1) is 0 Å². The molecule has 0 N–H and O–H groups in total. The molecule has 0 saturated heterocycles. The average Bonchev–Trinajstić information content (AvgIpc) is 2.26. The Kier molecular flexibility index (Phi) is 22.1. The monoisotopic (exact) mass is 237 g/mol. The van der Waals surface area contributed by atoms with Crippen LogP contribution in [-0.4, -0.2) is 42.8 Å². The van der Waals surface area contributed by atoms with Gasteiger partial charge in [0.15, 0.2) is 0 Å². The summed E-state index contributed by atoms with van der Waals surface area (Å²) in [6.07, 6.45) is 14.0. The first-order chi connectivity index (χ1) is 7.41. The van der Waals surface area contributed by atoms with Crippen molar-refractivity contribution in [3.63, 3.8) is 0 Å². The van der Waals surface area contributed by atoms with Crippen molar-refractivity contribution in [2.24, 2.45) is 0 Å². The molecule has 0 atom stereocenters. The zero-order valence-electron chi connectivity index (χ0n) is 11.9. The molecule has 16 heavy (non-hydrogen) atoms. The van der Waals surface area contributed by atoms with Gasteiger partial charge in [0.2, 0.25) is 0 Å². The van der Waals surface area contributed by atoms with Crippen LogP contribution in [0.2, 0.25) is 0 Å². The van der Waals surface area contributed by atoms with Crippen LogP contribution in [0.5, 0.6) is 0 Å². The van der Waals surface area contributed by atoms with Gasteiger partial charge in [-0.15, -0.1) is 0 Å². The molecule has 0 aromatic heterocycles. The molecule has 0 bridgehead atoms. The van der Waals surface area contributed by atoms with Crippen molar-refractivity contribution in [2.45, 2.75) is 78.1 Å². The van der Waals surface area contributed by atoms with Crippen LogP contribution in [0.15, 0.2) is 0 Å². The molecule has 0 rings (SSSR count). The minimum atomic E-state index is 0. The van der Waals surface area contributed by atoms with Gasteiger partial charge in [-0.1, -0.05) is 64.7 Å². The first-order valence-electron chi connectivity index (χ1n) is 6.99. The largest absolute Gasteiger partial charge is 0.382 e. The number of unbranched alkanes of at least 4 members (excludes halogenated alkanes) is 9. The average molecular weight is 237 g/mol. The van der Waals surface area contributed by atoms with E-state index in [1.54, 1.807) is 0 Å². The van der Waals surface area contributed by atoms with Crippen molar-refractivity contribution in [1.82, 2.24) is 0 Å². The maximum absolute atomic E-state index is 5.31. The molecule has 93 valence electrons. The summed E-state index contributed by atoms with van der Waals surface area (Å²) in [5.41, 5.74) is 0. The van der Waals surface area contributed by atoms with E-state index >= 15 is 0 Å². The molecule has 0 heterocycles. The molecule has 1 nitrogen and oxygen atoms in total. The van der Waals surface area contributed by atoms with Gasteiger partial charge >= 0.3 is 0 Å². The zero-order valence-corrected chi connectivity index (χ0v) is 13.9. The van der Waals surface area contributed by atoms with Crippen LogP contribution >= 0.6 is 0 Å². The zero-order chi connectivity index (χ0) is 11.2. The maximum Gasteiger partial charge on any atom is 0.0465 e. The molecule has 0 aromatic carbocycles. The molecule has 1 radical (unpaired) electrons. The molecule has 0 amide bonds. The first-order valence-corrected chi connectivity index (χ1v) is 6.99. The summed E-state index contributed by atoms with van der Waals surface area (Å²) in [6.45, 7) is 6.18. The van der Waals surface area contributed by atoms with Crippen LogP contribution in [0.4, 0.5) is 0 Å². The summed E-state index contributed by atoms with van der Waals surface area (Å²) in [5, 5.41) is 0. The second kappa shape index (κ2) is 18.3. The Labute approximate surface area is 125 Å². The van der Waals surface area contributed by atoms with Gasteiger partial charge in [0.1, 0.15) is 0 Å². The van der Waals surface area contributed by atoms with Gasteiger partial charge in [0.05, 0.1) is 0 Å². The van der Waals surface area contributed by atoms with Crippen molar-refractivity contribution in [3.8, 4) is 0 Å². The van der Waals surface area contributed by atoms with Crippen LogP contribution in [0.3, 0.4) is 0 Å². The van der Waals surface area contributed by atoms with E-state index in [9.17, 15) is 0 Å². The second-order valence-corrected chi connectivity index (χ2v) is 4.38. The predicted molar refractivity (Wildman–Crippen MR) is 74.1 cm³/mol. The third-order valence-corrected chi connectivity index (χ3v) is 2.85. The van der Waals surface area contributed by atoms with E-state index in [4.69, 9.17) is 4.74 Å². The molecule has 2 heteroatoms. The quantitative estimate of drug-likeness (QED) is 0.357. The molecule has 0 aliphatic heterocycles. The Morgan fingerprint density at radius 3 is 1.50 bits per heavy atom. The Hall–Kier alpha value is 0.960. The minimum absolute atomic E-state index is 0. The molecular weight excluding hydrogens is 207 g/mol. The van der Waals surface area contributed by atoms with Crippen molar-refractivity contribution in [1.29, 1.82) is 0 Å². The summed E-state index contributed by atoms with van der Waals surface area (Å²) in [7, 11) is 0. The summed E-state index contributed by atoms with van der Waals surface area (Å²) < 4.78 is 5.31. The molecule has 0 aromatic rings. The maximum atomic E-state index is 5.31. The van der Waals surface area contributed by atoms with Crippen LogP contribution in [0.1, 0.15) is 78.1 Å². The van der Waals surface area contributed by atoms with Gasteiger partial charge in [-0.05, 0) is 13.3 Å². The molecule has 0 aliphatic rings. The normalized spacial score (nSPS) is 10.1. The van der Waals surface area contributed by atoms with Gasteiger partial charge in [-0.3, -0.25) is 0 Å². The number of hydrogen-bond acceptors (Lipinski definition) is 1. The molecular formula is C14H30NaO. The van der Waals surface area contributed by atoms with Gasteiger partial charge in [0.25, 0.3) is 0 Å². The SMILES string of the molecule is CCCCCCCCCCCCOCC.[Na]. The molecule has 0 spiro atoms. The van der Waals surface area contributed by atoms with E-state index in [0.29, 0.717) is 0 Å². The van der Waals surface area contributed by atoms with Gasteiger partial charge < -0.3 is 4.74 Å². The van der Waals surface area contributed by atoms with Crippen LogP contribution in [-0.2, 0) is 4.74 Å². The third kappa shape index (κ3) is 17.4. The van der Waals surface area contributed by atoms with Gasteiger partial charge in [-0.25, -0.2) is 0 Å². The van der Waals surface area contributed by atoms with E-state index in [1.807, 2.05) is 0 Å². The van der Waals surface area contributed by atoms with Gasteiger partial charge in [0, 0.05) is 42.8 Å². The fraction of sp³-hybridized carbons (Fsp3) is 1.00. The van der Waals surface area contributed by atoms with E-state index in [1.165, 1.54) is 64.2 Å². The molecule has 0 aliphatic carbocycles. The van der Waals surface area contributed by atoms with E-state index in [0.717, 1.165) is 13.2 Å². The number of rotatable bonds is 12. The summed E-state index contributed by atoms with van der Waals surface area (Å²) in [4.78, 5) is 0. The third-order valence-electron chi connectivity index (χ3n) is 2.85. The summed E-state index contributed by atoms with van der Waals surface area (Å²) in [6, 6.07) is 0. The van der Waals surface area contributed by atoms with Crippen molar-refractivity contribution < 1.29 is 4.74 Å². The van der Waals surface area contributed by atoms with Crippen molar-refractivity contribution in [3.05, 3.63) is 0 Å². The molecule has 0 fully saturated rings. The topological polar surface area (TPSA) is 9.23 Å². The van der Waals surface area contributed by atoms with E-state index < -0.39 is 0 Å². The van der Waals surface area contributed by atoms with E-state index in [2.05, 4.69) is 13.8 Å². The first kappa shape index (κ1) is 19.3. The van der Waals surface area contributed by atoms with E-state index in [-0.39, 0.29) is 29.6 Å². The number of hydrogen-bond donors (Lipinski definition) is 0.